The lowest BCUT2D eigenvalue weighted by atomic mass is 10.1. The average molecular weight is 432 g/mol. The molecule has 0 bridgehead atoms. The summed E-state index contributed by atoms with van der Waals surface area (Å²) < 4.78 is 13.7. The van der Waals surface area contributed by atoms with Crippen LogP contribution in [0.5, 0.6) is 0 Å². The van der Waals surface area contributed by atoms with Gasteiger partial charge in [0.25, 0.3) is 0 Å². The Hall–Kier alpha value is -2.86. The maximum atomic E-state index is 13.7. The molecule has 1 saturated heterocycles. The second-order valence-corrected chi connectivity index (χ2v) is 9.00. The van der Waals surface area contributed by atoms with Crippen LogP contribution in [0.2, 0.25) is 0 Å². The predicted octanol–water partition coefficient (Wildman–Crippen LogP) is 4.77. The van der Waals surface area contributed by atoms with Crippen LogP contribution in [0, 0.1) is 12.7 Å². The quantitative estimate of drug-likeness (QED) is 0.427. The minimum Gasteiger partial charge on any atom is -0.369 e. The molecule has 1 aromatic carbocycles. The minimum absolute atomic E-state index is 0.230. The molecule has 1 aliphatic carbocycles. The van der Waals surface area contributed by atoms with E-state index in [4.69, 9.17) is 15.0 Å². The number of hydrogen-bond acceptors (Lipinski definition) is 5. The van der Waals surface area contributed by atoms with Crippen molar-refractivity contribution in [3.63, 3.8) is 0 Å². The Morgan fingerprint density at radius 1 is 1.09 bits per heavy atom. The van der Waals surface area contributed by atoms with Crippen molar-refractivity contribution in [2.75, 3.05) is 31.5 Å². The minimum atomic E-state index is -0.230. The van der Waals surface area contributed by atoms with E-state index in [0.29, 0.717) is 6.42 Å². The first kappa shape index (κ1) is 21.0. The molecule has 166 valence electrons. The van der Waals surface area contributed by atoms with Crippen LogP contribution in [0.15, 0.2) is 36.5 Å². The number of anilines is 1. The number of aromatic nitrogens is 3. The number of fused-ring (bicyclic) bond motifs is 3. The van der Waals surface area contributed by atoms with E-state index in [0.717, 1.165) is 65.7 Å². The highest BCUT2D eigenvalue weighted by molar-refractivity contribution is 5.81. The topological polar surface area (TPSA) is 53.9 Å². The first-order valence-electron chi connectivity index (χ1n) is 11.7. The summed E-state index contributed by atoms with van der Waals surface area (Å²) in [5.74, 6) is 1.35. The van der Waals surface area contributed by atoms with Crippen molar-refractivity contribution in [3.05, 3.63) is 70.6 Å². The van der Waals surface area contributed by atoms with Gasteiger partial charge in [-0.2, -0.15) is 0 Å². The van der Waals surface area contributed by atoms with Crippen LogP contribution in [0.1, 0.15) is 53.9 Å². The van der Waals surface area contributed by atoms with E-state index in [1.165, 1.54) is 44.0 Å². The molecule has 5 nitrogen and oxygen atoms in total. The summed E-state index contributed by atoms with van der Waals surface area (Å²) in [4.78, 5) is 17.0. The summed E-state index contributed by atoms with van der Waals surface area (Å²) in [5.41, 5.74) is 6.26. The number of nitrogens with one attached hydrogen (secondary N) is 1. The fourth-order valence-corrected chi connectivity index (χ4v) is 4.83. The van der Waals surface area contributed by atoms with E-state index in [1.54, 1.807) is 12.1 Å². The average Bonchev–Trinajstić information content (AvgIpc) is 3.14. The van der Waals surface area contributed by atoms with Crippen molar-refractivity contribution in [3.8, 4) is 11.3 Å². The summed E-state index contributed by atoms with van der Waals surface area (Å²) in [6, 6.07) is 8.87. The molecular formula is C26H30FN5. The van der Waals surface area contributed by atoms with Crippen molar-refractivity contribution < 1.29 is 4.39 Å². The molecular weight excluding hydrogens is 401 g/mol. The molecule has 1 fully saturated rings. The standard InChI is InChI=1S/C26H30FN5/c1-18-13-20-16-22-24(25(20)29-17-18)26(28-9-6-12-32-10-3-2-4-11-32)31-23(30-22)15-19-7-5-8-21(27)14-19/h5,7-8,13-14,17H,2-4,6,9-12,15-16H2,1H3,(H,28,30,31). The molecule has 0 radical (unpaired) electrons. The molecule has 1 aliphatic heterocycles. The zero-order chi connectivity index (χ0) is 21.9. The van der Waals surface area contributed by atoms with E-state index in [9.17, 15) is 4.39 Å². The number of halogens is 1. The van der Waals surface area contributed by atoms with Crippen LogP contribution in [0.4, 0.5) is 10.2 Å². The van der Waals surface area contributed by atoms with Crippen LogP contribution in [0.3, 0.4) is 0 Å². The molecule has 0 amide bonds. The third-order valence-electron chi connectivity index (χ3n) is 6.37. The van der Waals surface area contributed by atoms with Gasteiger partial charge < -0.3 is 10.2 Å². The highest BCUT2D eigenvalue weighted by Gasteiger charge is 2.26. The molecule has 0 unspecified atom stereocenters. The van der Waals surface area contributed by atoms with E-state index < -0.39 is 0 Å². The van der Waals surface area contributed by atoms with Crippen molar-refractivity contribution in [1.29, 1.82) is 0 Å². The van der Waals surface area contributed by atoms with Gasteiger partial charge in [-0.25, -0.2) is 14.4 Å². The van der Waals surface area contributed by atoms with E-state index in [-0.39, 0.29) is 5.82 Å². The second kappa shape index (κ2) is 9.33. The van der Waals surface area contributed by atoms with Crippen molar-refractivity contribution in [1.82, 2.24) is 19.9 Å². The van der Waals surface area contributed by atoms with Crippen molar-refractivity contribution in [2.45, 2.75) is 45.4 Å². The lowest BCUT2D eigenvalue weighted by molar-refractivity contribution is 0.228. The zero-order valence-electron chi connectivity index (χ0n) is 18.7. The number of aryl methyl sites for hydroxylation is 1. The number of piperidine rings is 1. The molecule has 5 rings (SSSR count). The highest BCUT2D eigenvalue weighted by atomic mass is 19.1. The summed E-state index contributed by atoms with van der Waals surface area (Å²) in [6.07, 6.45) is 8.26. The Labute approximate surface area is 189 Å². The van der Waals surface area contributed by atoms with Gasteiger partial charge in [0, 0.05) is 25.6 Å². The molecule has 2 aromatic heterocycles. The molecule has 0 saturated carbocycles. The van der Waals surface area contributed by atoms with Gasteiger partial charge in [-0.3, -0.25) is 4.98 Å². The van der Waals surface area contributed by atoms with Crippen molar-refractivity contribution >= 4 is 5.82 Å². The molecule has 3 heterocycles. The first-order valence-corrected chi connectivity index (χ1v) is 11.7. The van der Waals surface area contributed by atoms with E-state index in [1.807, 2.05) is 12.3 Å². The van der Waals surface area contributed by atoms with Gasteiger partial charge in [0.2, 0.25) is 0 Å². The van der Waals surface area contributed by atoms with E-state index >= 15 is 0 Å². The fraction of sp³-hybridized carbons (Fsp3) is 0.423. The number of hydrogen-bond donors (Lipinski definition) is 1. The number of pyridine rings is 1. The van der Waals surface area contributed by atoms with Gasteiger partial charge in [-0.1, -0.05) is 24.6 Å². The van der Waals surface area contributed by atoms with Gasteiger partial charge in [0.05, 0.1) is 17.0 Å². The molecule has 1 N–H and O–H groups in total. The van der Waals surface area contributed by atoms with Gasteiger partial charge in [0.1, 0.15) is 17.5 Å². The second-order valence-electron chi connectivity index (χ2n) is 9.00. The monoisotopic (exact) mass is 431 g/mol. The summed E-state index contributed by atoms with van der Waals surface area (Å²) in [6.45, 7) is 6.48. The maximum absolute atomic E-state index is 13.7. The maximum Gasteiger partial charge on any atom is 0.139 e. The zero-order valence-corrected chi connectivity index (χ0v) is 18.7. The lowest BCUT2D eigenvalue weighted by Gasteiger charge is -2.26. The molecule has 3 aromatic rings. The highest BCUT2D eigenvalue weighted by Crippen LogP contribution is 2.38. The molecule has 6 heteroatoms. The Bertz CT molecular complexity index is 1110. The van der Waals surface area contributed by atoms with Crippen LogP contribution in [0.25, 0.3) is 11.3 Å². The number of benzene rings is 1. The third-order valence-corrected chi connectivity index (χ3v) is 6.37. The number of likely N-dealkylation sites (tertiary alicyclic amines) is 1. The smallest absolute Gasteiger partial charge is 0.139 e. The summed E-state index contributed by atoms with van der Waals surface area (Å²) in [7, 11) is 0. The first-order chi connectivity index (χ1) is 15.7. The molecule has 0 atom stereocenters. The molecule has 32 heavy (non-hydrogen) atoms. The summed E-state index contributed by atoms with van der Waals surface area (Å²) in [5, 5.41) is 3.59. The van der Waals surface area contributed by atoms with Crippen LogP contribution in [-0.2, 0) is 12.8 Å². The lowest BCUT2D eigenvalue weighted by Crippen LogP contribution is -2.31. The van der Waals surface area contributed by atoms with Crippen LogP contribution in [-0.4, -0.2) is 46.0 Å². The summed E-state index contributed by atoms with van der Waals surface area (Å²) >= 11 is 0. The Morgan fingerprint density at radius 3 is 2.81 bits per heavy atom. The number of rotatable bonds is 7. The van der Waals surface area contributed by atoms with Gasteiger partial charge in [-0.15, -0.1) is 0 Å². The van der Waals surface area contributed by atoms with Gasteiger partial charge in [-0.05, 0) is 74.6 Å². The normalized spacial score (nSPS) is 15.4. The number of nitrogens with zero attached hydrogens (tertiary/aromatic N) is 4. The fourth-order valence-electron chi connectivity index (χ4n) is 4.83. The Kier molecular flexibility index (Phi) is 6.12. The molecule has 2 aliphatic rings. The van der Waals surface area contributed by atoms with Crippen LogP contribution < -0.4 is 5.32 Å². The van der Waals surface area contributed by atoms with Gasteiger partial charge >= 0.3 is 0 Å². The van der Waals surface area contributed by atoms with Crippen molar-refractivity contribution in [2.24, 2.45) is 0 Å². The SMILES string of the molecule is Cc1cnc2c(c1)Cc1nc(Cc3cccc(F)c3)nc(NCCCN3CCCCC3)c1-2. The van der Waals surface area contributed by atoms with Crippen LogP contribution >= 0.6 is 0 Å². The Morgan fingerprint density at radius 2 is 1.97 bits per heavy atom. The molecule has 0 spiro atoms. The van der Waals surface area contributed by atoms with Gasteiger partial charge in [0.15, 0.2) is 0 Å². The predicted molar refractivity (Wildman–Crippen MR) is 125 cm³/mol. The third kappa shape index (κ3) is 4.65. The largest absolute Gasteiger partial charge is 0.369 e. The Balaban J connectivity index is 1.38. The van der Waals surface area contributed by atoms with E-state index in [2.05, 4.69) is 23.2 Å².